The molecule has 2 aliphatic rings. The first kappa shape index (κ1) is 10.4. The lowest BCUT2D eigenvalue weighted by Crippen LogP contribution is -2.46. The van der Waals surface area contributed by atoms with Gasteiger partial charge >= 0.3 is 0 Å². The van der Waals surface area contributed by atoms with Gasteiger partial charge in [-0.2, -0.15) is 0 Å². The lowest BCUT2D eigenvalue weighted by atomic mass is 10.1. The van der Waals surface area contributed by atoms with Crippen LogP contribution in [0.25, 0.3) is 0 Å². The Kier molecular flexibility index (Phi) is 3.42. The SMILES string of the molecule is COC1CCCC1N[C@@H]1CCC[C@H]1O. The smallest absolute Gasteiger partial charge is 0.0724 e. The fourth-order valence-corrected chi connectivity index (χ4v) is 2.81. The second-order valence-electron chi connectivity index (χ2n) is 4.58. The van der Waals surface area contributed by atoms with Crippen molar-refractivity contribution in [2.75, 3.05) is 7.11 Å². The predicted octanol–water partition coefficient (Wildman–Crippen LogP) is 1.06. The summed E-state index contributed by atoms with van der Waals surface area (Å²) < 4.78 is 5.43. The third-order valence-corrected chi connectivity index (χ3v) is 3.66. The van der Waals surface area contributed by atoms with Crippen LogP contribution in [-0.2, 0) is 4.74 Å². The van der Waals surface area contributed by atoms with E-state index < -0.39 is 0 Å². The molecule has 2 N–H and O–H groups in total. The maximum absolute atomic E-state index is 9.70. The van der Waals surface area contributed by atoms with Gasteiger partial charge in [0.05, 0.1) is 12.2 Å². The third kappa shape index (κ3) is 2.10. The van der Waals surface area contributed by atoms with Gasteiger partial charge in [0.2, 0.25) is 0 Å². The number of methoxy groups -OCH3 is 1. The van der Waals surface area contributed by atoms with Crippen LogP contribution in [0.3, 0.4) is 0 Å². The molecule has 82 valence electrons. The first-order chi connectivity index (χ1) is 6.81. The summed E-state index contributed by atoms with van der Waals surface area (Å²) in [4.78, 5) is 0. The minimum atomic E-state index is -0.131. The summed E-state index contributed by atoms with van der Waals surface area (Å²) in [5, 5.41) is 13.3. The van der Waals surface area contributed by atoms with Crippen LogP contribution in [0.2, 0.25) is 0 Å². The van der Waals surface area contributed by atoms with E-state index in [1.165, 1.54) is 12.8 Å². The van der Waals surface area contributed by atoms with Crippen molar-refractivity contribution in [3.05, 3.63) is 0 Å². The Morgan fingerprint density at radius 1 is 1.07 bits per heavy atom. The van der Waals surface area contributed by atoms with Gasteiger partial charge in [-0.25, -0.2) is 0 Å². The monoisotopic (exact) mass is 199 g/mol. The zero-order valence-electron chi connectivity index (χ0n) is 8.91. The van der Waals surface area contributed by atoms with Crippen molar-refractivity contribution < 1.29 is 9.84 Å². The van der Waals surface area contributed by atoms with E-state index >= 15 is 0 Å². The average molecular weight is 199 g/mol. The molecule has 2 unspecified atom stereocenters. The molecule has 14 heavy (non-hydrogen) atoms. The molecule has 0 aromatic rings. The average Bonchev–Trinajstić information content (AvgIpc) is 2.77. The highest BCUT2D eigenvalue weighted by Gasteiger charge is 2.32. The fourth-order valence-electron chi connectivity index (χ4n) is 2.81. The molecule has 4 atom stereocenters. The second-order valence-corrected chi connectivity index (χ2v) is 4.58. The van der Waals surface area contributed by atoms with Crippen LogP contribution in [0, 0.1) is 0 Å². The van der Waals surface area contributed by atoms with Gasteiger partial charge in [0.25, 0.3) is 0 Å². The van der Waals surface area contributed by atoms with E-state index in [0.717, 1.165) is 25.7 Å². The first-order valence-corrected chi connectivity index (χ1v) is 5.78. The molecule has 0 aliphatic heterocycles. The summed E-state index contributed by atoms with van der Waals surface area (Å²) >= 11 is 0. The minimum absolute atomic E-state index is 0.131. The first-order valence-electron chi connectivity index (χ1n) is 5.78. The summed E-state index contributed by atoms with van der Waals surface area (Å²) in [5.41, 5.74) is 0. The Balaban J connectivity index is 1.83. The molecule has 3 heteroatoms. The van der Waals surface area contributed by atoms with E-state index in [1.807, 2.05) is 0 Å². The van der Waals surface area contributed by atoms with Gasteiger partial charge in [-0.3, -0.25) is 0 Å². The fraction of sp³-hybridized carbons (Fsp3) is 1.00. The lowest BCUT2D eigenvalue weighted by molar-refractivity contribution is 0.0694. The molecular formula is C11H21NO2. The highest BCUT2D eigenvalue weighted by Crippen LogP contribution is 2.25. The normalized spacial score (nSPS) is 43.3. The van der Waals surface area contributed by atoms with Crippen LogP contribution in [-0.4, -0.2) is 36.5 Å². The zero-order valence-corrected chi connectivity index (χ0v) is 8.91. The molecule has 0 aromatic carbocycles. The summed E-state index contributed by atoms with van der Waals surface area (Å²) in [7, 11) is 1.79. The predicted molar refractivity (Wildman–Crippen MR) is 55.2 cm³/mol. The number of rotatable bonds is 3. The van der Waals surface area contributed by atoms with Crippen molar-refractivity contribution in [2.45, 2.75) is 62.8 Å². The van der Waals surface area contributed by atoms with Crippen molar-refractivity contribution in [1.29, 1.82) is 0 Å². The van der Waals surface area contributed by atoms with E-state index in [2.05, 4.69) is 5.32 Å². The summed E-state index contributed by atoms with van der Waals surface area (Å²) in [6, 6.07) is 0.786. The zero-order chi connectivity index (χ0) is 9.97. The molecule has 2 fully saturated rings. The molecule has 0 heterocycles. The standard InChI is InChI=1S/C11H21NO2/c1-14-11-7-3-5-9(11)12-8-4-2-6-10(8)13/h8-13H,2-7H2,1H3/t8-,9?,10-,11?/m1/s1. The number of ether oxygens (including phenoxy) is 1. The highest BCUT2D eigenvalue weighted by molar-refractivity contribution is 4.91. The van der Waals surface area contributed by atoms with Crippen LogP contribution in [0.4, 0.5) is 0 Å². The molecule has 2 saturated carbocycles. The Hall–Kier alpha value is -0.120. The molecule has 0 amide bonds. The van der Waals surface area contributed by atoms with Crippen molar-refractivity contribution >= 4 is 0 Å². The molecule has 0 aromatic heterocycles. The maximum atomic E-state index is 9.70. The largest absolute Gasteiger partial charge is 0.392 e. The molecule has 0 radical (unpaired) electrons. The van der Waals surface area contributed by atoms with Gasteiger partial charge in [-0.1, -0.05) is 0 Å². The van der Waals surface area contributed by atoms with Crippen molar-refractivity contribution in [3.8, 4) is 0 Å². The Labute approximate surface area is 85.8 Å². The summed E-state index contributed by atoms with van der Waals surface area (Å²) in [6.07, 6.45) is 7.08. The Morgan fingerprint density at radius 2 is 1.79 bits per heavy atom. The molecule has 0 bridgehead atoms. The van der Waals surface area contributed by atoms with Crippen LogP contribution < -0.4 is 5.32 Å². The quantitative estimate of drug-likeness (QED) is 0.714. The lowest BCUT2D eigenvalue weighted by Gasteiger charge is -2.25. The van der Waals surface area contributed by atoms with Crippen LogP contribution in [0.5, 0.6) is 0 Å². The van der Waals surface area contributed by atoms with Gasteiger partial charge in [0, 0.05) is 19.2 Å². The third-order valence-electron chi connectivity index (χ3n) is 3.66. The van der Waals surface area contributed by atoms with Crippen molar-refractivity contribution in [1.82, 2.24) is 5.32 Å². The number of hydrogen-bond donors (Lipinski definition) is 2. The number of aliphatic hydroxyl groups excluding tert-OH is 1. The number of nitrogens with one attached hydrogen (secondary N) is 1. The van der Waals surface area contributed by atoms with E-state index in [-0.39, 0.29) is 6.10 Å². The summed E-state index contributed by atoms with van der Waals surface area (Å²) in [6.45, 7) is 0. The van der Waals surface area contributed by atoms with Crippen molar-refractivity contribution in [3.63, 3.8) is 0 Å². The highest BCUT2D eigenvalue weighted by atomic mass is 16.5. The molecule has 3 nitrogen and oxygen atoms in total. The van der Waals surface area contributed by atoms with Gasteiger partial charge in [-0.05, 0) is 38.5 Å². The minimum Gasteiger partial charge on any atom is -0.392 e. The number of aliphatic hydroxyl groups is 1. The van der Waals surface area contributed by atoms with E-state index in [9.17, 15) is 5.11 Å². The van der Waals surface area contributed by atoms with Gasteiger partial charge in [-0.15, -0.1) is 0 Å². The molecular weight excluding hydrogens is 178 g/mol. The number of hydrogen-bond acceptors (Lipinski definition) is 3. The van der Waals surface area contributed by atoms with Crippen LogP contribution >= 0.6 is 0 Å². The molecule has 2 aliphatic carbocycles. The topological polar surface area (TPSA) is 41.5 Å². The van der Waals surface area contributed by atoms with Gasteiger partial charge in [0.1, 0.15) is 0 Å². The van der Waals surface area contributed by atoms with E-state index in [1.54, 1.807) is 7.11 Å². The van der Waals surface area contributed by atoms with Crippen LogP contribution in [0.15, 0.2) is 0 Å². The molecule has 0 spiro atoms. The Bertz CT molecular complexity index is 186. The molecule has 0 saturated heterocycles. The van der Waals surface area contributed by atoms with Gasteiger partial charge < -0.3 is 15.2 Å². The van der Waals surface area contributed by atoms with Crippen molar-refractivity contribution in [2.24, 2.45) is 0 Å². The maximum Gasteiger partial charge on any atom is 0.0724 e. The Morgan fingerprint density at radius 3 is 2.43 bits per heavy atom. The van der Waals surface area contributed by atoms with Gasteiger partial charge in [0.15, 0.2) is 0 Å². The second kappa shape index (κ2) is 4.60. The van der Waals surface area contributed by atoms with Crippen LogP contribution in [0.1, 0.15) is 38.5 Å². The molecule has 2 rings (SSSR count). The van der Waals surface area contributed by atoms with E-state index in [0.29, 0.717) is 18.2 Å². The van der Waals surface area contributed by atoms with E-state index in [4.69, 9.17) is 4.74 Å². The summed E-state index contributed by atoms with van der Waals surface area (Å²) in [5.74, 6) is 0.